The van der Waals surface area contributed by atoms with Crippen molar-refractivity contribution >= 4 is 22.9 Å². The summed E-state index contributed by atoms with van der Waals surface area (Å²) in [5, 5.41) is 10.7. The van der Waals surface area contributed by atoms with E-state index < -0.39 is 0 Å². The molecule has 5 nitrogen and oxygen atoms in total. The highest BCUT2D eigenvalue weighted by Gasteiger charge is 2.26. The molecule has 0 bridgehead atoms. The fourth-order valence-corrected chi connectivity index (χ4v) is 3.36. The van der Waals surface area contributed by atoms with Crippen LogP contribution in [0.15, 0.2) is 18.1 Å². The third-order valence-electron chi connectivity index (χ3n) is 3.12. The molecule has 2 rings (SSSR count). The first-order chi connectivity index (χ1) is 8.56. The van der Waals surface area contributed by atoms with Crippen LogP contribution in [-0.4, -0.2) is 28.4 Å². The second-order valence-electron chi connectivity index (χ2n) is 4.38. The Hall–Kier alpha value is -1.14. The first-order valence-electron chi connectivity index (χ1n) is 5.73. The Morgan fingerprint density at radius 1 is 1.78 bits per heavy atom. The van der Waals surface area contributed by atoms with Gasteiger partial charge in [0, 0.05) is 30.6 Å². The van der Waals surface area contributed by atoms with Crippen LogP contribution in [0.5, 0.6) is 0 Å². The minimum absolute atomic E-state index is 0.186. The van der Waals surface area contributed by atoms with E-state index in [1.807, 2.05) is 11.9 Å². The van der Waals surface area contributed by atoms with Crippen LogP contribution in [0.3, 0.4) is 0 Å². The maximum atomic E-state index is 10.7. The topological polar surface area (TPSA) is 59.3 Å². The molecule has 0 radical (unpaired) electrons. The van der Waals surface area contributed by atoms with Gasteiger partial charge in [-0.15, -0.1) is 11.3 Å². The lowest BCUT2D eigenvalue weighted by Gasteiger charge is -2.32. The predicted octanol–water partition coefficient (Wildman–Crippen LogP) is 2.80. The maximum Gasteiger partial charge on any atom is 0.253 e. The number of rotatable bonds is 3. The molecule has 18 heavy (non-hydrogen) atoms. The van der Waals surface area contributed by atoms with Crippen molar-refractivity contribution in [3.8, 4) is 0 Å². The Bertz CT molecular complexity index is 475. The highest BCUT2D eigenvalue weighted by molar-refractivity contribution is 7.15. The zero-order valence-electron chi connectivity index (χ0n) is 10.0. The van der Waals surface area contributed by atoms with Crippen LogP contribution >= 0.6 is 22.9 Å². The van der Waals surface area contributed by atoms with Crippen molar-refractivity contribution in [2.75, 3.05) is 13.6 Å². The van der Waals surface area contributed by atoms with Gasteiger partial charge < -0.3 is 4.90 Å². The normalized spacial score (nSPS) is 22.4. The van der Waals surface area contributed by atoms with E-state index in [1.54, 1.807) is 6.20 Å². The summed E-state index contributed by atoms with van der Waals surface area (Å²) in [4.78, 5) is 17.4. The van der Waals surface area contributed by atoms with Crippen LogP contribution in [0.25, 0.3) is 0 Å². The van der Waals surface area contributed by atoms with Gasteiger partial charge in [0.05, 0.1) is 10.6 Å². The van der Waals surface area contributed by atoms with Crippen LogP contribution in [-0.2, 0) is 6.42 Å². The molecular weight excluding hydrogens is 274 g/mol. The molecular formula is C11H14ClN3O2S. The molecule has 7 heteroatoms. The summed E-state index contributed by atoms with van der Waals surface area (Å²) in [6.45, 7) is 0.875. The zero-order valence-corrected chi connectivity index (χ0v) is 11.6. The summed E-state index contributed by atoms with van der Waals surface area (Å²) < 4.78 is 0.522. The molecule has 2 heterocycles. The first-order valence-corrected chi connectivity index (χ1v) is 6.92. The van der Waals surface area contributed by atoms with E-state index in [9.17, 15) is 10.1 Å². The quantitative estimate of drug-likeness (QED) is 0.633. The van der Waals surface area contributed by atoms with Gasteiger partial charge in [-0.3, -0.25) is 10.1 Å². The van der Waals surface area contributed by atoms with E-state index in [2.05, 4.69) is 4.98 Å². The van der Waals surface area contributed by atoms with Crippen molar-refractivity contribution < 1.29 is 4.92 Å². The summed E-state index contributed by atoms with van der Waals surface area (Å²) in [5.41, 5.74) is 0.802. The van der Waals surface area contributed by atoms with E-state index in [0.717, 1.165) is 42.6 Å². The maximum absolute atomic E-state index is 10.7. The predicted molar refractivity (Wildman–Crippen MR) is 71.3 cm³/mol. The molecule has 0 amide bonds. The largest absolute Gasteiger partial charge is 0.373 e. The first kappa shape index (κ1) is 13.3. The van der Waals surface area contributed by atoms with Crippen molar-refractivity contribution in [2.24, 2.45) is 5.92 Å². The summed E-state index contributed by atoms with van der Waals surface area (Å²) in [6, 6.07) is 0. The third kappa shape index (κ3) is 3.20. The minimum Gasteiger partial charge on any atom is -0.373 e. The van der Waals surface area contributed by atoms with Crippen molar-refractivity contribution in [1.29, 1.82) is 0 Å². The van der Waals surface area contributed by atoms with Gasteiger partial charge >= 0.3 is 0 Å². The van der Waals surface area contributed by atoms with Crippen LogP contribution in [0.1, 0.15) is 17.7 Å². The number of halogens is 1. The Kier molecular flexibility index (Phi) is 4.19. The van der Waals surface area contributed by atoms with Gasteiger partial charge in [-0.2, -0.15) is 0 Å². The second kappa shape index (κ2) is 5.67. The SMILES string of the molecule is CN1CCCC(Cc2cnc(Cl)s2)C1=C[N+](=O)[O-]. The van der Waals surface area contributed by atoms with Crippen LogP contribution < -0.4 is 0 Å². The van der Waals surface area contributed by atoms with Crippen molar-refractivity contribution in [3.05, 3.63) is 37.6 Å². The summed E-state index contributed by atoms with van der Waals surface area (Å²) in [7, 11) is 1.90. The van der Waals surface area contributed by atoms with Crippen LogP contribution in [0, 0.1) is 16.0 Å². The lowest BCUT2D eigenvalue weighted by Crippen LogP contribution is -2.31. The third-order valence-corrected chi connectivity index (χ3v) is 4.25. The molecule has 1 aliphatic heterocycles. The van der Waals surface area contributed by atoms with Gasteiger partial charge in [-0.05, 0) is 19.3 Å². The molecule has 1 atom stereocenters. The molecule has 0 aromatic carbocycles. The monoisotopic (exact) mass is 287 g/mol. The molecule has 0 aliphatic carbocycles. The van der Waals surface area contributed by atoms with Gasteiger partial charge in [0.2, 0.25) is 0 Å². The molecule has 98 valence electrons. The number of thiazole rings is 1. The number of nitrogens with zero attached hydrogens (tertiary/aromatic N) is 3. The minimum atomic E-state index is -0.371. The van der Waals surface area contributed by atoms with Gasteiger partial charge in [0.25, 0.3) is 6.20 Å². The molecule has 1 fully saturated rings. The molecule has 1 saturated heterocycles. The molecule has 0 spiro atoms. The van der Waals surface area contributed by atoms with Crippen molar-refractivity contribution in [1.82, 2.24) is 9.88 Å². The molecule has 0 N–H and O–H groups in total. The highest BCUT2D eigenvalue weighted by atomic mass is 35.5. The average Bonchev–Trinajstić information content (AvgIpc) is 2.69. The number of aromatic nitrogens is 1. The number of allylic oxidation sites excluding steroid dienone is 1. The number of hydrogen-bond acceptors (Lipinski definition) is 5. The summed E-state index contributed by atoms with van der Waals surface area (Å²) in [5.74, 6) is 0.186. The lowest BCUT2D eigenvalue weighted by molar-refractivity contribution is -0.405. The van der Waals surface area contributed by atoms with E-state index >= 15 is 0 Å². The van der Waals surface area contributed by atoms with Crippen LogP contribution in [0.4, 0.5) is 0 Å². The zero-order chi connectivity index (χ0) is 13.1. The standard InChI is InChI=1S/C11H14ClN3O2S/c1-14-4-2-3-8(10(14)7-15(16)17)5-9-6-13-11(12)18-9/h6-8H,2-5H2,1H3. The number of piperidine rings is 1. The van der Waals surface area contributed by atoms with Crippen molar-refractivity contribution in [2.45, 2.75) is 19.3 Å². The summed E-state index contributed by atoms with van der Waals surface area (Å²) in [6.07, 6.45) is 5.69. The molecule has 1 aromatic rings. The second-order valence-corrected chi connectivity index (χ2v) is 6.08. The molecule has 0 saturated carbocycles. The van der Waals surface area contributed by atoms with Crippen molar-refractivity contribution in [3.63, 3.8) is 0 Å². The fourth-order valence-electron chi connectivity index (χ4n) is 2.30. The Morgan fingerprint density at radius 2 is 2.56 bits per heavy atom. The molecule has 1 unspecified atom stereocenters. The lowest BCUT2D eigenvalue weighted by atomic mass is 9.91. The Morgan fingerprint density at radius 3 is 3.17 bits per heavy atom. The molecule has 1 aromatic heterocycles. The van der Waals surface area contributed by atoms with E-state index in [-0.39, 0.29) is 10.8 Å². The fraction of sp³-hybridized carbons (Fsp3) is 0.545. The van der Waals surface area contributed by atoms with E-state index in [0.29, 0.717) is 4.47 Å². The van der Waals surface area contributed by atoms with Gasteiger partial charge in [0.1, 0.15) is 0 Å². The Balaban J connectivity index is 2.15. The Labute approximate surface area is 114 Å². The van der Waals surface area contributed by atoms with Gasteiger partial charge in [-0.25, -0.2) is 4.98 Å². The number of hydrogen-bond donors (Lipinski definition) is 0. The van der Waals surface area contributed by atoms with E-state index in [1.165, 1.54) is 11.3 Å². The van der Waals surface area contributed by atoms with Gasteiger partial charge in [-0.1, -0.05) is 11.6 Å². The summed E-state index contributed by atoms with van der Waals surface area (Å²) >= 11 is 7.24. The molecule has 1 aliphatic rings. The van der Waals surface area contributed by atoms with Gasteiger partial charge in [0.15, 0.2) is 4.47 Å². The number of nitro groups is 1. The number of likely N-dealkylation sites (tertiary alicyclic amines) is 1. The smallest absolute Gasteiger partial charge is 0.253 e. The van der Waals surface area contributed by atoms with Crippen LogP contribution in [0.2, 0.25) is 4.47 Å². The highest BCUT2D eigenvalue weighted by Crippen LogP contribution is 2.31. The van der Waals surface area contributed by atoms with E-state index in [4.69, 9.17) is 11.6 Å². The average molecular weight is 288 g/mol.